The van der Waals surface area contributed by atoms with Crippen LogP contribution >= 0.6 is 11.6 Å². The molecule has 1 aliphatic rings. The first-order valence-electron chi connectivity index (χ1n) is 6.59. The Morgan fingerprint density at radius 2 is 2.33 bits per heavy atom. The number of rotatable bonds is 4. The summed E-state index contributed by atoms with van der Waals surface area (Å²) < 4.78 is 1.74. The third-order valence-electron chi connectivity index (χ3n) is 3.54. The summed E-state index contributed by atoms with van der Waals surface area (Å²) in [5.41, 5.74) is 1.71. The second-order valence-electron chi connectivity index (χ2n) is 4.83. The molecule has 1 N–H and O–H groups in total. The third kappa shape index (κ3) is 2.75. The lowest BCUT2D eigenvalue weighted by molar-refractivity contribution is -0.121. The Kier molecular flexibility index (Phi) is 4.40. The summed E-state index contributed by atoms with van der Waals surface area (Å²) >= 11 is 6.26. The molecule has 2 rings (SSSR count). The fourth-order valence-corrected chi connectivity index (χ4v) is 2.79. The van der Waals surface area contributed by atoms with Gasteiger partial charge >= 0.3 is 0 Å². The molecule has 2 heterocycles. The van der Waals surface area contributed by atoms with Gasteiger partial charge in [0.1, 0.15) is 0 Å². The zero-order valence-corrected chi connectivity index (χ0v) is 11.8. The Labute approximate surface area is 113 Å². The largest absolute Gasteiger partial charge is 0.307 e. The SMILES string of the molecule is CCc1nn(C)c(CC(=O)C2CCCCN2)c1Cl. The number of aromatic nitrogens is 2. The lowest BCUT2D eigenvalue weighted by Crippen LogP contribution is -2.41. The van der Waals surface area contributed by atoms with E-state index in [1.54, 1.807) is 4.68 Å². The van der Waals surface area contributed by atoms with Crippen molar-refractivity contribution in [2.24, 2.45) is 7.05 Å². The van der Waals surface area contributed by atoms with E-state index in [0.29, 0.717) is 11.4 Å². The zero-order valence-electron chi connectivity index (χ0n) is 11.0. The maximum Gasteiger partial charge on any atom is 0.155 e. The van der Waals surface area contributed by atoms with Crippen molar-refractivity contribution in [1.29, 1.82) is 0 Å². The number of hydrogen-bond acceptors (Lipinski definition) is 3. The van der Waals surface area contributed by atoms with Crippen LogP contribution in [0.1, 0.15) is 37.6 Å². The molecule has 18 heavy (non-hydrogen) atoms. The van der Waals surface area contributed by atoms with Crippen LogP contribution in [0.2, 0.25) is 5.02 Å². The third-order valence-corrected chi connectivity index (χ3v) is 3.98. The van der Waals surface area contributed by atoms with Crippen molar-refractivity contribution < 1.29 is 4.79 Å². The fourth-order valence-electron chi connectivity index (χ4n) is 2.43. The molecule has 0 saturated carbocycles. The minimum absolute atomic E-state index is 0.00482. The summed E-state index contributed by atoms with van der Waals surface area (Å²) in [7, 11) is 1.85. The highest BCUT2D eigenvalue weighted by atomic mass is 35.5. The van der Waals surface area contributed by atoms with Gasteiger partial charge in [0, 0.05) is 7.05 Å². The Bertz CT molecular complexity index is 436. The van der Waals surface area contributed by atoms with Crippen molar-refractivity contribution in [3.8, 4) is 0 Å². The molecule has 1 aromatic heterocycles. The van der Waals surface area contributed by atoms with Crippen LogP contribution in [-0.4, -0.2) is 28.2 Å². The average molecular weight is 270 g/mol. The van der Waals surface area contributed by atoms with Crippen molar-refractivity contribution in [1.82, 2.24) is 15.1 Å². The number of nitrogens with zero attached hydrogens (tertiary/aromatic N) is 2. The molecule has 0 amide bonds. The molecular weight excluding hydrogens is 250 g/mol. The minimum Gasteiger partial charge on any atom is -0.307 e. The van der Waals surface area contributed by atoms with Crippen LogP contribution in [0.4, 0.5) is 0 Å². The first-order valence-corrected chi connectivity index (χ1v) is 6.97. The molecule has 0 bridgehead atoms. The Morgan fingerprint density at radius 3 is 2.89 bits per heavy atom. The molecule has 1 atom stereocenters. The molecule has 1 aliphatic heterocycles. The summed E-state index contributed by atoms with van der Waals surface area (Å²) in [6.07, 6.45) is 4.40. The number of hydrogen-bond donors (Lipinski definition) is 1. The van der Waals surface area contributed by atoms with E-state index in [9.17, 15) is 4.79 Å². The van der Waals surface area contributed by atoms with Crippen LogP contribution in [0.3, 0.4) is 0 Å². The second-order valence-corrected chi connectivity index (χ2v) is 5.21. The van der Waals surface area contributed by atoms with Gasteiger partial charge in [0.05, 0.1) is 28.9 Å². The summed E-state index contributed by atoms with van der Waals surface area (Å²) in [6.45, 7) is 2.96. The van der Waals surface area contributed by atoms with E-state index in [1.165, 1.54) is 0 Å². The quantitative estimate of drug-likeness (QED) is 0.908. The minimum atomic E-state index is -0.00482. The number of ketones is 1. The number of Topliss-reactive ketones (excluding diaryl/α,β-unsaturated/α-hetero) is 1. The van der Waals surface area contributed by atoms with Gasteiger partial charge in [0.2, 0.25) is 0 Å². The van der Waals surface area contributed by atoms with Gasteiger partial charge in [-0.1, -0.05) is 24.9 Å². The molecule has 1 aromatic rings. The molecule has 1 saturated heterocycles. The van der Waals surface area contributed by atoms with Gasteiger partial charge in [-0.05, 0) is 25.8 Å². The number of piperidine rings is 1. The zero-order chi connectivity index (χ0) is 13.1. The molecule has 4 nitrogen and oxygen atoms in total. The van der Waals surface area contributed by atoms with Crippen LogP contribution in [0.25, 0.3) is 0 Å². The summed E-state index contributed by atoms with van der Waals surface area (Å²) in [5, 5.41) is 8.27. The van der Waals surface area contributed by atoms with Crippen molar-refractivity contribution >= 4 is 17.4 Å². The monoisotopic (exact) mass is 269 g/mol. The van der Waals surface area contributed by atoms with E-state index in [4.69, 9.17) is 11.6 Å². The molecule has 100 valence electrons. The molecule has 5 heteroatoms. The molecule has 0 aliphatic carbocycles. The number of carbonyl (C=O) groups is 1. The summed E-state index contributed by atoms with van der Waals surface area (Å²) in [4.78, 5) is 12.2. The van der Waals surface area contributed by atoms with E-state index in [0.717, 1.165) is 43.6 Å². The topological polar surface area (TPSA) is 46.9 Å². The number of aryl methyl sites for hydroxylation is 2. The predicted molar refractivity (Wildman–Crippen MR) is 71.9 cm³/mol. The first kappa shape index (κ1) is 13.6. The second kappa shape index (κ2) is 5.85. The van der Waals surface area contributed by atoms with Crippen molar-refractivity contribution in [3.05, 3.63) is 16.4 Å². The fraction of sp³-hybridized carbons (Fsp3) is 0.692. The highest BCUT2D eigenvalue weighted by Gasteiger charge is 2.23. The standard InChI is InChI=1S/C13H20ClN3O/c1-3-9-13(14)11(17(2)16-9)8-12(18)10-6-4-5-7-15-10/h10,15H,3-8H2,1-2H3. The van der Waals surface area contributed by atoms with E-state index >= 15 is 0 Å². The maximum atomic E-state index is 12.2. The van der Waals surface area contributed by atoms with E-state index in [2.05, 4.69) is 10.4 Å². The number of carbonyl (C=O) groups excluding carboxylic acids is 1. The average Bonchev–Trinajstić information content (AvgIpc) is 2.67. The number of halogens is 1. The Morgan fingerprint density at radius 1 is 1.56 bits per heavy atom. The van der Waals surface area contributed by atoms with Crippen molar-refractivity contribution in [2.45, 2.75) is 45.1 Å². The molecule has 0 spiro atoms. The van der Waals surface area contributed by atoms with E-state index < -0.39 is 0 Å². The molecule has 0 radical (unpaired) electrons. The van der Waals surface area contributed by atoms with Gasteiger partial charge < -0.3 is 5.32 Å². The first-order chi connectivity index (χ1) is 8.63. The van der Waals surface area contributed by atoms with Crippen LogP contribution < -0.4 is 5.32 Å². The highest BCUT2D eigenvalue weighted by Crippen LogP contribution is 2.22. The maximum absolute atomic E-state index is 12.2. The van der Waals surface area contributed by atoms with Gasteiger partial charge in [-0.15, -0.1) is 0 Å². The molecular formula is C13H20ClN3O. The molecule has 1 fully saturated rings. The molecule has 1 unspecified atom stereocenters. The Hall–Kier alpha value is -0.870. The van der Waals surface area contributed by atoms with Gasteiger partial charge in [0.25, 0.3) is 0 Å². The van der Waals surface area contributed by atoms with Gasteiger partial charge in [-0.3, -0.25) is 9.48 Å². The van der Waals surface area contributed by atoms with Crippen molar-refractivity contribution in [3.63, 3.8) is 0 Å². The van der Waals surface area contributed by atoms with Crippen LogP contribution in [-0.2, 0) is 24.7 Å². The summed E-state index contributed by atoms with van der Waals surface area (Å²) in [6, 6.07) is -0.00482. The van der Waals surface area contributed by atoms with E-state index in [1.807, 2.05) is 14.0 Å². The summed E-state index contributed by atoms with van der Waals surface area (Å²) in [5.74, 6) is 0.224. The number of nitrogens with one attached hydrogen (secondary N) is 1. The highest BCUT2D eigenvalue weighted by molar-refractivity contribution is 6.32. The predicted octanol–water partition coefficient (Wildman–Crippen LogP) is 1.89. The van der Waals surface area contributed by atoms with Crippen LogP contribution in [0, 0.1) is 0 Å². The van der Waals surface area contributed by atoms with Crippen LogP contribution in [0.15, 0.2) is 0 Å². The lowest BCUT2D eigenvalue weighted by atomic mass is 9.98. The lowest BCUT2D eigenvalue weighted by Gasteiger charge is -2.22. The van der Waals surface area contributed by atoms with Crippen LogP contribution in [0.5, 0.6) is 0 Å². The smallest absolute Gasteiger partial charge is 0.155 e. The van der Waals surface area contributed by atoms with Gasteiger partial charge in [-0.2, -0.15) is 5.10 Å². The van der Waals surface area contributed by atoms with Gasteiger partial charge in [0.15, 0.2) is 5.78 Å². The Balaban J connectivity index is 2.08. The van der Waals surface area contributed by atoms with Crippen molar-refractivity contribution in [2.75, 3.05) is 6.54 Å². The normalized spacial score (nSPS) is 20.1. The van der Waals surface area contributed by atoms with E-state index in [-0.39, 0.29) is 11.8 Å². The van der Waals surface area contributed by atoms with Gasteiger partial charge in [-0.25, -0.2) is 0 Å². The molecule has 0 aromatic carbocycles.